The third kappa shape index (κ3) is 3.06. The summed E-state index contributed by atoms with van der Waals surface area (Å²) in [4.78, 5) is 14.0. The summed E-state index contributed by atoms with van der Waals surface area (Å²) in [5.74, 6) is 1.32. The highest BCUT2D eigenvalue weighted by Gasteiger charge is 2.14. The van der Waals surface area contributed by atoms with Gasteiger partial charge in [-0.05, 0) is 30.3 Å². The molecule has 0 radical (unpaired) electrons. The molecule has 0 aromatic heterocycles. The average molecular weight is 299 g/mol. The highest BCUT2D eigenvalue weighted by molar-refractivity contribution is 6.00. The summed E-state index contributed by atoms with van der Waals surface area (Å²) >= 11 is 0. The Labute approximate surface area is 128 Å². The molecule has 2 N–H and O–H groups in total. The van der Waals surface area contributed by atoms with Crippen LogP contribution in [0.4, 0.5) is 21.9 Å². The largest absolute Gasteiger partial charge is 0.454 e. The van der Waals surface area contributed by atoms with Gasteiger partial charge in [0.15, 0.2) is 11.5 Å². The zero-order chi connectivity index (χ0) is 15.5. The smallest absolute Gasteiger partial charge is 0.323 e. The standard InChI is InChI=1S/C16H17N3O3/c1-19(2)13-5-3-4-11(8-13)17-16(20)18-12-6-7-14-15(9-12)22-10-21-14/h3-9H,10H2,1-2H3,(H2,17,18,20). The molecular formula is C16H17N3O3. The number of nitrogens with one attached hydrogen (secondary N) is 2. The number of hydrogen-bond donors (Lipinski definition) is 2. The molecule has 0 saturated carbocycles. The number of nitrogens with zero attached hydrogens (tertiary/aromatic N) is 1. The van der Waals surface area contributed by atoms with Crippen molar-refractivity contribution in [2.24, 2.45) is 0 Å². The predicted molar refractivity (Wildman–Crippen MR) is 86.0 cm³/mol. The second-order valence-corrected chi connectivity index (χ2v) is 5.09. The molecule has 0 saturated heterocycles. The molecular weight excluding hydrogens is 282 g/mol. The second kappa shape index (κ2) is 5.85. The van der Waals surface area contributed by atoms with Crippen molar-refractivity contribution in [1.29, 1.82) is 0 Å². The molecule has 2 aromatic rings. The molecule has 1 heterocycles. The molecule has 6 heteroatoms. The van der Waals surface area contributed by atoms with Crippen LogP contribution in [0.5, 0.6) is 11.5 Å². The third-order valence-corrected chi connectivity index (χ3v) is 3.25. The summed E-state index contributed by atoms with van der Waals surface area (Å²) in [6.45, 7) is 0.211. The molecule has 0 spiro atoms. The topological polar surface area (TPSA) is 62.8 Å². The number of urea groups is 1. The van der Waals surface area contributed by atoms with Crippen LogP contribution >= 0.6 is 0 Å². The molecule has 22 heavy (non-hydrogen) atoms. The van der Waals surface area contributed by atoms with Crippen molar-refractivity contribution in [3.05, 3.63) is 42.5 Å². The van der Waals surface area contributed by atoms with E-state index in [9.17, 15) is 4.79 Å². The molecule has 2 amide bonds. The Morgan fingerprint density at radius 2 is 1.73 bits per heavy atom. The molecule has 0 atom stereocenters. The van der Waals surface area contributed by atoms with E-state index in [1.165, 1.54) is 0 Å². The first-order valence-corrected chi connectivity index (χ1v) is 6.87. The first-order valence-electron chi connectivity index (χ1n) is 6.87. The van der Waals surface area contributed by atoms with Gasteiger partial charge in [-0.15, -0.1) is 0 Å². The van der Waals surface area contributed by atoms with E-state index >= 15 is 0 Å². The normalized spacial score (nSPS) is 11.9. The Bertz CT molecular complexity index is 701. The number of fused-ring (bicyclic) bond motifs is 1. The van der Waals surface area contributed by atoms with Crippen LogP contribution in [-0.4, -0.2) is 26.9 Å². The molecule has 1 aliphatic heterocycles. The van der Waals surface area contributed by atoms with E-state index in [0.29, 0.717) is 17.2 Å². The number of hydrogen-bond acceptors (Lipinski definition) is 4. The summed E-state index contributed by atoms with van der Waals surface area (Å²) < 4.78 is 10.5. The predicted octanol–water partition coefficient (Wildman–Crippen LogP) is 3.13. The fourth-order valence-electron chi connectivity index (χ4n) is 2.13. The van der Waals surface area contributed by atoms with Crippen molar-refractivity contribution in [2.45, 2.75) is 0 Å². The summed E-state index contributed by atoms with van der Waals surface area (Å²) in [5, 5.41) is 5.57. The van der Waals surface area contributed by atoms with Crippen LogP contribution < -0.4 is 25.0 Å². The van der Waals surface area contributed by atoms with Crippen LogP contribution in [0.25, 0.3) is 0 Å². The first-order chi connectivity index (χ1) is 10.6. The summed E-state index contributed by atoms with van der Waals surface area (Å²) in [7, 11) is 3.90. The Morgan fingerprint density at radius 3 is 2.50 bits per heavy atom. The molecule has 0 fully saturated rings. The van der Waals surface area contributed by atoms with Crippen LogP contribution in [0.15, 0.2) is 42.5 Å². The lowest BCUT2D eigenvalue weighted by molar-refractivity contribution is 0.174. The van der Waals surface area contributed by atoms with E-state index in [2.05, 4.69) is 10.6 Å². The second-order valence-electron chi connectivity index (χ2n) is 5.09. The monoisotopic (exact) mass is 299 g/mol. The zero-order valence-corrected chi connectivity index (χ0v) is 12.4. The highest BCUT2D eigenvalue weighted by atomic mass is 16.7. The Morgan fingerprint density at radius 1 is 1.00 bits per heavy atom. The SMILES string of the molecule is CN(C)c1cccc(NC(=O)Nc2ccc3c(c2)OCO3)c1. The zero-order valence-electron chi connectivity index (χ0n) is 12.4. The maximum absolute atomic E-state index is 12.1. The molecule has 1 aliphatic rings. The van der Waals surface area contributed by atoms with E-state index in [1.807, 2.05) is 43.3 Å². The Balaban J connectivity index is 1.66. The van der Waals surface area contributed by atoms with Gasteiger partial charge in [0.1, 0.15) is 0 Å². The molecule has 6 nitrogen and oxygen atoms in total. The van der Waals surface area contributed by atoms with Crippen molar-refractivity contribution < 1.29 is 14.3 Å². The maximum Gasteiger partial charge on any atom is 0.323 e. The van der Waals surface area contributed by atoms with Crippen molar-refractivity contribution >= 4 is 23.1 Å². The fourth-order valence-corrected chi connectivity index (χ4v) is 2.13. The molecule has 0 bridgehead atoms. The molecule has 0 unspecified atom stereocenters. The lowest BCUT2D eigenvalue weighted by Crippen LogP contribution is -2.19. The van der Waals surface area contributed by atoms with Gasteiger partial charge in [-0.1, -0.05) is 6.07 Å². The van der Waals surface area contributed by atoms with Crippen molar-refractivity contribution in [3.8, 4) is 11.5 Å². The van der Waals surface area contributed by atoms with Gasteiger partial charge in [-0.3, -0.25) is 0 Å². The summed E-state index contributed by atoms with van der Waals surface area (Å²) in [6, 6.07) is 12.6. The molecule has 0 aliphatic carbocycles. The van der Waals surface area contributed by atoms with Gasteiger partial charge in [0.05, 0.1) is 0 Å². The van der Waals surface area contributed by atoms with Crippen LogP contribution in [-0.2, 0) is 0 Å². The average Bonchev–Trinajstić information content (AvgIpc) is 2.95. The lowest BCUT2D eigenvalue weighted by atomic mass is 10.2. The number of rotatable bonds is 3. The van der Waals surface area contributed by atoms with Crippen molar-refractivity contribution in [1.82, 2.24) is 0 Å². The number of carbonyl (C=O) groups is 1. The van der Waals surface area contributed by atoms with E-state index in [1.54, 1.807) is 18.2 Å². The minimum Gasteiger partial charge on any atom is -0.454 e. The van der Waals surface area contributed by atoms with Gasteiger partial charge in [-0.25, -0.2) is 4.79 Å². The van der Waals surface area contributed by atoms with Gasteiger partial charge in [0, 0.05) is 37.2 Å². The number of anilines is 3. The first kappa shape index (κ1) is 14.1. The lowest BCUT2D eigenvalue weighted by Gasteiger charge is -2.14. The quantitative estimate of drug-likeness (QED) is 0.914. The van der Waals surface area contributed by atoms with E-state index in [0.717, 1.165) is 11.4 Å². The highest BCUT2D eigenvalue weighted by Crippen LogP contribution is 2.34. The molecule has 2 aromatic carbocycles. The van der Waals surface area contributed by atoms with Crippen molar-refractivity contribution in [2.75, 3.05) is 36.4 Å². The minimum absolute atomic E-state index is 0.211. The van der Waals surface area contributed by atoms with E-state index < -0.39 is 0 Å². The summed E-state index contributed by atoms with van der Waals surface area (Å²) in [5.41, 5.74) is 2.39. The molecule has 3 rings (SSSR count). The fraction of sp³-hybridized carbons (Fsp3) is 0.188. The minimum atomic E-state index is -0.310. The van der Waals surface area contributed by atoms with Gasteiger partial charge < -0.3 is 25.0 Å². The summed E-state index contributed by atoms with van der Waals surface area (Å²) in [6.07, 6.45) is 0. The van der Waals surface area contributed by atoms with E-state index in [4.69, 9.17) is 9.47 Å². The molecule has 114 valence electrons. The van der Waals surface area contributed by atoms with Crippen LogP contribution in [0.1, 0.15) is 0 Å². The van der Waals surface area contributed by atoms with E-state index in [-0.39, 0.29) is 12.8 Å². The third-order valence-electron chi connectivity index (χ3n) is 3.25. The van der Waals surface area contributed by atoms with Crippen LogP contribution in [0, 0.1) is 0 Å². The van der Waals surface area contributed by atoms with Crippen LogP contribution in [0.3, 0.4) is 0 Å². The van der Waals surface area contributed by atoms with Crippen LogP contribution in [0.2, 0.25) is 0 Å². The van der Waals surface area contributed by atoms with Gasteiger partial charge in [0.25, 0.3) is 0 Å². The van der Waals surface area contributed by atoms with Crippen molar-refractivity contribution in [3.63, 3.8) is 0 Å². The Hall–Kier alpha value is -2.89. The maximum atomic E-state index is 12.1. The number of carbonyl (C=O) groups excluding carboxylic acids is 1. The number of ether oxygens (including phenoxy) is 2. The number of benzene rings is 2. The van der Waals surface area contributed by atoms with Gasteiger partial charge >= 0.3 is 6.03 Å². The van der Waals surface area contributed by atoms with Gasteiger partial charge in [0.2, 0.25) is 6.79 Å². The van der Waals surface area contributed by atoms with Gasteiger partial charge in [-0.2, -0.15) is 0 Å². The Kier molecular flexibility index (Phi) is 3.74. The number of amides is 2.